The Bertz CT molecular complexity index is 201. The lowest BCUT2D eigenvalue weighted by molar-refractivity contribution is 0.156. The second kappa shape index (κ2) is 13.9. The van der Waals surface area contributed by atoms with E-state index in [2.05, 4.69) is 24.3 Å². The molecule has 0 aliphatic carbocycles. The highest BCUT2D eigenvalue weighted by Crippen LogP contribution is 2.09. The molecule has 2 N–H and O–H groups in total. The SMILES string of the molecule is CCCCCC(O)CNCC(C)CCCCCN=O. The number of rotatable bonds is 14. The second-order valence-electron chi connectivity index (χ2n) is 5.62. The first-order chi connectivity index (χ1) is 9.20. The number of hydrogen-bond donors (Lipinski definition) is 2. The van der Waals surface area contributed by atoms with E-state index in [1.54, 1.807) is 0 Å². The van der Waals surface area contributed by atoms with Gasteiger partial charge in [-0.2, -0.15) is 4.91 Å². The molecule has 0 radical (unpaired) electrons. The molecule has 0 aromatic heterocycles. The zero-order chi connectivity index (χ0) is 14.3. The van der Waals surface area contributed by atoms with Crippen molar-refractivity contribution in [3.8, 4) is 0 Å². The van der Waals surface area contributed by atoms with Crippen LogP contribution in [0.3, 0.4) is 0 Å². The van der Waals surface area contributed by atoms with E-state index in [1.165, 1.54) is 19.3 Å². The Morgan fingerprint density at radius 2 is 1.79 bits per heavy atom. The summed E-state index contributed by atoms with van der Waals surface area (Å²) < 4.78 is 0. The Morgan fingerprint density at radius 1 is 1.05 bits per heavy atom. The van der Waals surface area contributed by atoms with E-state index in [-0.39, 0.29) is 6.10 Å². The van der Waals surface area contributed by atoms with Crippen molar-refractivity contribution in [2.75, 3.05) is 19.6 Å². The van der Waals surface area contributed by atoms with Crippen LogP contribution in [0, 0.1) is 10.8 Å². The molecule has 0 amide bonds. The van der Waals surface area contributed by atoms with Gasteiger partial charge in [-0.15, -0.1) is 0 Å². The van der Waals surface area contributed by atoms with Crippen LogP contribution in [0.15, 0.2) is 5.18 Å². The molecule has 0 spiro atoms. The smallest absolute Gasteiger partial charge is 0.0811 e. The van der Waals surface area contributed by atoms with Crippen molar-refractivity contribution >= 4 is 0 Å². The third-order valence-electron chi connectivity index (χ3n) is 3.46. The molecule has 114 valence electrons. The van der Waals surface area contributed by atoms with Crippen LogP contribution in [0.5, 0.6) is 0 Å². The average molecular weight is 272 g/mol. The van der Waals surface area contributed by atoms with E-state index < -0.39 is 0 Å². The number of nitroso groups, excluding NO2 is 1. The predicted octanol–water partition coefficient (Wildman–Crippen LogP) is 3.48. The fourth-order valence-corrected chi connectivity index (χ4v) is 2.18. The van der Waals surface area contributed by atoms with Gasteiger partial charge in [0.1, 0.15) is 0 Å². The molecule has 0 saturated carbocycles. The minimum Gasteiger partial charge on any atom is -0.392 e. The van der Waals surface area contributed by atoms with E-state index in [0.717, 1.165) is 38.6 Å². The maximum absolute atomic E-state index is 9.92. The first kappa shape index (κ1) is 18.5. The largest absolute Gasteiger partial charge is 0.392 e. The lowest BCUT2D eigenvalue weighted by Gasteiger charge is -2.15. The highest BCUT2D eigenvalue weighted by Gasteiger charge is 2.05. The third-order valence-corrected chi connectivity index (χ3v) is 3.46. The first-order valence-electron chi connectivity index (χ1n) is 7.88. The van der Waals surface area contributed by atoms with Crippen molar-refractivity contribution in [2.24, 2.45) is 11.1 Å². The molecule has 19 heavy (non-hydrogen) atoms. The van der Waals surface area contributed by atoms with E-state index >= 15 is 0 Å². The maximum Gasteiger partial charge on any atom is 0.0811 e. The van der Waals surface area contributed by atoms with Gasteiger partial charge in [0.15, 0.2) is 0 Å². The lowest BCUT2D eigenvalue weighted by atomic mass is 10.0. The highest BCUT2D eigenvalue weighted by molar-refractivity contribution is 4.63. The summed E-state index contributed by atoms with van der Waals surface area (Å²) >= 11 is 0. The van der Waals surface area contributed by atoms with Gasteiger partial charge in [0.05, 0.1) is 12.6 Å². The highest BCUT2D eigenvalue weighted by atomic mass is 16.3. The number of aliphatic hydroxyl groups is 1. The Labute approximate surface area is 118 Å². The predicted molar refractivity (Wildman–Crippen MR) is 81.3 cm³/mol. The first-order valence-corrected chi connectivity index (χ1v) is 7.88. The number of aliphatic hydroxyl groups excluding tert-OH is 1. The summed E-state index contributed by atoms with van der Waals surface area (Å²) in [6.45, 7) is 6.54. The molecule has 4 heteroatoms. The fourth-order valence-electron chi connectivity index (χ4n) is 2.18. The van der Waals surface area contributed by atoms with Gasteiger partial charge in [0.2, 0.25) is 0 Å². The molecule has 0 rings (SSSR count). The number of hydrogen-bond acceptors (Lipinski definition) is 4. The van der Waals surface area contributed by atoms with E-state index in [9.17, 15) is 10.0 Å². The zero-order valence-corrected chi connectivity index (χ0v) is 12.7. The van der Waals surface area contributed by atoms with Gasteiger partial charge >= 0.3 is 0 Å². The molecule has 2 unspecified atom stereocenters. The average Bonchev–Trinajstić information content (AvgIpc) is 2.39. The summed E-state index contributed by atoms with van der Waals surface area (Å²) in [6.07, 6.45) is 8.61. The molecule has 0 aromatic carbocycles. The second-order valence-corrected chi connectivity index (χ2v) is 5.62. The van der Waals surface area contributed by atoms with Gasteiger partial charge in [-0.1, -0.05) is 51.1 Å². The van der Waals surface area contributed by atoms with Crippen molar-refractivity contribution in [3.63, 3.8) is 0 Å². The fraction of sp³-hybridized carbons (Fsp3) is 1.00. The molecule has 0 bridgehead atoms. The lowest BCUT2D eigenvalue weighted by Crippen LogP contribution is -2.30. The summed E-state index contributed by atoms with van der Waals surface area (Å²) in [6, 6.07) is 0. The van der Waals surface area contributed by atoms with E-state index in [0.29, 0.717) is 19.0 Å². The van der Waals surface area contributed by atoms with Gasteiger partial charge in [-0.05, 0) is 31.7 Å². The molecule has 0 aromatic rings. The molecular formula is C15H32N2O2. The van der Waals surface area contributed by atoms with Gasteiger partial charge in [-0.3, -0.25) is 0 Å². The molecule has 2 atom stereocenters. The maximum atomic E-state index is 9.92. The van der Waals surface area contributed by atoms with Crippen molar-refractivity contribution < 1.29 is 5.11 Å². The monoisotopic (exact) mass is 272 g/mol. The molecule has 0 heterocycles. The van der Waals surface area contributed by atoms with Crippen LogP contribution in [-0.2, 0) is 0 Å². The van der Waals surface area contributed by atoms with Gasteiger partial charge in [0, 0.05) is 6.54 Å². The summed E-state index contributed by atoms with van der Waals surface area (Å²) in [5.41, 5.74) is 0. The van der Waals surface area contributed by atoms with E-state index in [4.69, 9.17) is 0 Å². The molecule has 0 aliphatic rings. The van der Waals surface area contributed by atoms with Crippen molar-refractivity contribution in [1.29, 1.82) is 0 Å². The molecular weight excluding hydrogens is 240 g/mol. The summed E-state index contributed by atoms with van der Waals surface area (Å²) in [5.74, 6) is 0.632. The minimum atomic E-state index is -0.197. The van der Waals surface area contributed by atoms with Gasteiger partial charge < -0.3 is 10.4 Å². The van der Waals surface area contributed by atoms with Crippen LogP contribution >= 0.6 is 0 Å². The van der Waals surface area contributed by atoms with Crippen LogP contribution in [0.25, 0.3) is 0 Å². The summed E-state index contributed by atoms with van der Waals surface area (Å²) in [5, 5.41) is 16.0. The van der Waals surface area contributed by atoms with Crippen LogP contribution in [0.2, 0.25) is 0 Å². The zero-order valence-electron chi connectivity index (χ0n) is 12.7. The Hall–Kier alpha value is -0.480. The Kier molecular flexibility index (Phi) is 13.6. The Balaban J connectivity index is 3.31. The summed E-state index contributed by atoms with van der Waals surface area (Å²) in [4.78, 5) is 9.92. The normalized spacial score (nSPS) is 14.3. The van der Waals surface area contributed by atoms with Crippen molar-refractivity contribution in [3.05, 3.63) is 4.91 Å². The van der Waals surface area contributed by atoms with Crippen molar-refractivity contribution in [2.45, 2.75) is 71.3 Å². The van der Waals surface area contributed by atoms with Crippen LogP contribution in [-0.4, -0.2) is 30.8 Å². The Morgan fingerprint density at radius 3 is 2.47 bits per heavy atom. The van der Waals surface area contributed by atoms with E-state index in [1.807, 2.05) is 0 Å². The number of unbranched alkanes of at least 4 members (excludes halogenated alkanes) is 4. The molecule has 4 nitrogen and oxygen atoms in total. The van der Waals surface area contributed by atoms with Gasteiger partial charge in [-0.25, -0.2) is 0 Å². The van der Waals surface area contributed by atoms with Crippen molar-refractivity contribution in [1.82, 2.24) is 5.32 Å². The quantitative estimate of drug-likeness (QED) is 0.376. The van der Waals surface area contributed by atoms with Crippen LogP contribution < -0.4 is 5.32 Å². The standard InChI is InChI=1S/C15H32N2O2/c1-3-4-6-10-15(18)13-16-12-14(2)9-7-5-8-11-17-19/h14-16,18H,3-13H2,1-2H3. The minimum absolute atomic E-state index is 0.197. The van der Waals surface area contributed by atoms with Crippen LogP contribution in [0.1, 0.15) is 65.2 Å². The van der Waals surface area contributed by atoms with Gasteiger partial charge in [0.25, 0.3) is 0 Å². The summed E-state index contributed by atoms with van der Waals surface area (Å²) in [7, 11) is 0. The number of nitrogens with zero attached hydrogens (tertiary/aromatic N) is 1. The molecule has 0 fully saturated rings. The molecule has 0 saturated heterocycles. The number of nitrogens with one attached hydrogen (secondary N) is 1. The molecule has 0 aliphatic heterocycles. The third kappa shape index (κ3) is 13.7. The van der Waals surface area contributed by atoms with Crippen LogP contribution in [0.4, 0.5) is 0 Å². The topological polar surface area (TPSA) is 61.7 Å².